The van der Waals surface area contributed by atoms with E-state index in [0.29, 0.717) is 5.95 Å². The SMILES string of the molecule is Cc1cc(C)nc(Sc2cc(C)nc(NN)n2)c1. The van der Waals surface area contributed by atoms with E-state index in [1.165, 1.54) is 17.3 Å². The normalized spacial score (nSPS) is 10.4. The molecule has 0 amide bonds. The molecule has 0 spiro atoms. The molecule has 0 bridgehead atoms. The molecule has 0 aliphatic heterocycles. The Hall–Kier alpha value is -1.66. The van der Waals surface area contributed by atoms with Gasteiger partial charge in [0.25, 0.3) is 0 Å². The maximum Gasteiger partial charge on any atom is 0.238 e. The molecule has 0 aromatic carbocycles. The van der Waals surface area contributed by atoms with Crippen LogP contribution in [-0.4, -0.2) is 15.0 Å². The van der Waals surface area contributed by atoms with Crippen molar-refractivity contribution in [3.05, 3.63) is 35.2 Å². The van der Waals surface area contributed by atoms with Crippen molar-refractivity contribution < 1.29 is 0 Å². The van der Waals surface area contributed by atoms with Crippen molar-refractivity contribution in [1.29, 1.82) is 0 Å². The summed E-state index contributed by atoms with van der Waals surface area (Å²) < 4.78 is 0. The third-order valence-electron chi connectivity index (χ3n) is 2.24. The van der Waals surface area contributed by atoms with E-state index in [0.717, 1.165) is 21.4 Å². The lowest BCUT2D eigenvalue weighted by molar-refractivity contribution is 0.984. The van der Waals surface area contributed by atoms with Gasteiger partial charge in [-0.2, -0.15) is 0 Å². The molecule has 6 heteroatoms. The average molecular weight is 261 g/mol. The largest absolute Gasteiger partial charge is 0.292 e. The van der Waals surface area contributed by atoms with Crippen molar-refractivity contribution in [2.75, 3.05) is 5.43 Å². The lowest BCUT2D eigenvalue weighted by atomic mass is 10.3. The molecule has 94 valence electrons. The first-order valence-corrected chi connectivity index (χ1v) is 6.34. The van der Waals surface area contributed by atoms with Gasteiger partial charge in [-0.05, 0) is 56.3 Å². The monoisotopic (exact) mass is 261 g/mol. The Kier molecular flexibility index (Phi) is 3.78. The third kappa shape index (κ3) is 3.18. The molecule has 0 aliphatic rings. The number of nitrogens with two attached hydrogens (primary N) is 1. The van der Waals surface area contributed by atoms with E-state index in [4.69, 9.17) is 5.84 Å². The fraction of sp³-hybridized carbons (Fsp3) is 0.250. The molecule has 0 aliphatic carbocycles. The Morgan fingerprint density at radius 3 is 2.28 bits per heavy atom. The fourth-order valence-electron chi connectivity index (χ4n) is 1.62. The molecular weight excluding hydrogens is 246 g/mol. The minimum absolute atomic E-state index is 0.418. The zero-order valence-corrected chi connectivity index (χ0v) is 11.4. The predicted octanol–water partition coefficient (Wildman–Crippen LogP) is 2.23. The topological polar surface area (TPSA) is 76.7 Å². The zero-order chi connectivity index (χ0) is 13.1. The van der Waals surface area contributed by atoms with Crippen molar-refractivity contribution in [2.45, 2.75) is 30.8 Å². The van der Waals surface area contributed by atoms with Gasteiger partial charge in [0.2, 0.25) is 5.95 Å². The number of nitrogen functional groups attached to an aromatic ring is 1. The van der Waals surface area contributed by atoms with Crippen LogP contribution in [0, 0.1) is 20.8 Å². The molecule has 2 aromatic rings. The first-order valence-electron chi connectivity index (χ1n) is 5.52. The Balaban J connectivity index is 2.30. The first kappa shape index (κ1) is 12.8. The molecule has 0 radical (unpaired) electrons. The highest BCUT2D eigenvalue weighted by Crippen LogP contribution is 2.26. The smallest absolute Gasteiger partial charge is 0.238 e. The van der Waals surface area contributed by atoms with E-state index in [1.807, 2.05) is 32.0 Å². The maximum absolute atomic E-state index is 5.33. The summed E-state index contributed by atoms with van der Waals surface area (Å²) in [5.74, 6) is 5.75. The van der Waals surface area contributed by atoms with Crippen LogP contribution in [0.15, 0.2) is 28.3 Å². The van der Waals surface area contributed by atoms with Crippen LogP contribution in [0.5, 0.6) is 0 Å². The number of hydrogen-bond donors (Lipinski definition) is 2. The van der Waals surface area contributed by atoms with Crippen molar-refractivity contribution in [2.24, 2.45) is 5.84 Å². The van der Waals surface area contributed by atoms with Gasteiger partial charge in [-0.15, -0.1) is 0 Å². The molecule has 18 heavy (non-hydrogen) atoms. The maximum atomic E-state index is 5.33. The minimum atomic E-state index is 0.418. The summed E-state index contributed by atoms with van der Waals surface area (Å²) in [5.41, 5.74) is 5.51. The van der Waals surface area contributed by atoms with Gasteiger partial charge in [0.05, 0.1) is 0 Å². The summed E-state index contributed by atoms with van der Waals surface area (Å²) in [6.45, 7) is 5.94. The van der Waals surface area contributed by atoms with Gasteiger partial charge in [0.15, 0.2) is 0 Å². The number of nitrogens with one attached hydrogen (secondary N) is 1. The van der Waals surface area contributed by atoms with Crippen LogP contribution in [0.4, 0.5) is 5.95 Å². The van der Waals surface area contributed by atoms with E-state index in [9.17, 15) is 0 Å². The molecule has 0 saturated heterocycles. The Morgan fingerprint density at radius 2 is 1.61 bits per heavy atom. The second-order valence-corrected chi connectivity index (χ2v) is 5.08. The Morgan fingerprint density at radius 1 is 0.944 bits per heavy atom. The standard InChI is InChI=1S/C12H15N5S/c1-7-4-8(2)14-10(5-7)18-11-6-9(3)15-12(16-11)17-13/h4-6H,13H2,1-3H3,(H,15,16,17). The summed E-state index contributed by atoms with van der Waals surface area (Å²) in [6.07, 6.45) is 0. The number of hydrogen-bond acceptors (Lipinski definition) is 6. The summed E-state index contributed by atoms with van der Waals surface area (Å²) in [6, 6.07) is 5.98. The molecule has 0 fully saturated rings. The van der Waals surface area contributed by atoms with Gasteiger partial charge >= 0.3 is 0 Å². The van der Waals surface area contributed by atoms with Gasteiger partial charge in [-0.25, -0.2) is 20.8 Å². The second kappa shape index (κ2) is 5.32. The number of aromatic nitrogens is 3. The van der Waals surface area contributed by atoms with Crippen molar-refractivity contribution in [3.63, 3.8) is 0 Å². The van der Waals surface area contributed by atoms with Gasteiger partial charge in [-0.3, -0.25) is 5.43 Å². The summed E-state index contributed by atoms with van der Waals surface area (Å²) in [4.78, 5) is 12.9. The zero-order valence-electron chi connectivity index (χ0n) is 10.6. The average Bonchev–Trinajstić information content (AvgIpc) is 2.26. The molecule has 3 N–H and O–H groups in total. The van der Waals surface area contributed by atoms with Crippen LogP contribution in [0.2, 0.25) is 0 Å². The van der Waals surface area contributed by atoms with Crippen LogP contribution in [0.1, 0.15) is 17.0 Å². The lowest BCUT2D eigenvalue weighted by Gasteiger charge is -2.06. The molecule has 2 heterocycles. The molecule has 2 rings (SSSR count). The molecule has 5 nitrogen and oxygen atoms in total. The van der Waals surface area contributed by atoms with Gasteiger partial charge in [-0.1, -0.05) is 0 Å². The third-order valence-corrected chi connectivity index (χ3v) is 3.08. The number of hydrazine groups is 1. The summed E-state index contributed by atoms with van der Waals surface area (Å²) >= 11 is 1.50. The quantitative estimate of drug-likeness (QED) is 0.501. The van der Waals surface area contributed by atoms with Crippen LogP contribution in [0.3, 0.4) is 0 Å². The van der Waals surface area contributed by atoms with Crippen molar-refractivity contribution >= 4 is 17.7 Å². The van der Waals surface area contributed by atoms with Crippen LogP contribution >= 0.6 is 11.8 Å². The van der Waals surface area contributed by atoms with Crippen LogP contribution < -0.4 is 11.3 Å². The van der Waals surface area contributed by atoms with E-state index in [1.54, 1.807) is 0 Å². The summed E-state index contributed by atoms with van der Waals surface area (Å²) in [5, 5.41) is 1.75. The molecule has 0 saturated carbocycles. The number of anilines is 1. The van der Waals surface area contributed by atoms with Gasteiger partial charge in [0.1, 0.15) is 10.1 Å². The van der Waals surface area contributed by atoms with Crippen LogP contribution in [0.25, 0.3) is 0 Å². The highest BCUT2D eigenvalue weighted by molar-refractivity contribution is 7.99. The van der Waals surface area contributed by atoms with E-state index >= 15 is 0 Å². The number of nitrogens with zero attached hydrogens (tertiary/aromatic N) is 3. The Bertz CT molecular complexity index is 550. The number of pyridine rings is 1. The molecule has 0 unspecified atom stereocenters. The summed E-state index contributed by atoms with van der Waals surface area (Å²) in [7, 11) is 0. The molecular formula is C12H15N5S. The number of rotatable bonds is 3. The first-order chi connectivity index (χ1) is 8.56. The minimum Gasteiger partial charge on any atom is -0.292 e. The van der Waals surface area contributed by atoms with Crippen molar-refractivity contribution in [1.82, 2.24) is 15.0 Å². The van der Waals surface area contributed by atoms with Crippen LogP contribution in [-0.2, 0) is 0 Å². The van der Waals surface area contributed by atoms with Crippen molar-refractivity contribution in [3.8, 4) is 0 Å². The predicted molar refractivity (Wildman–Crippen MR) is 72.4 cm³/mol. The van der Waals surface area contributed by atoms with Gasteiger partial charge < -0.3 is 0 Å². The van der Waals surface area contributed by atoms with E-state index < -0.39 is 0 Å². The molecule has 0 atom stereocenters. The highest BCUT2D eigenvalue weighted by atomic mass is 32.2. The Labute approximate surface area is 110 Å². The second-order valence-electron chi connectivity index (χ2n) is 4.04. The number of aryl methyl sites for hydroxylation is 3. The van der Waals surface area contributed by atoms with E-state index in [2.05, 4.69) is 27.3 Å². The molecule has 2 aromatic heterocycles. The van der Waals surface area contributed by atoms with E-state index in [-0.39, 0.29) is 0 Å². The highest BCUT2D eigenvalue weighted by Gasteiger charge is 2.05. The lowest BCUT2D eigenvalue weighted by Crippen LogP contribution is -2.11. The van der Waals surface area contributed by atoms with Gasteiger partial charge in [0, 0.05) is 11.4 Å². The fourth-order valence-corrected chi connectivity index (χ4v) is 2.63.